The molecule has 0 aromatic heterocycles. The monoisotopic (exact) mass is 237 g/mol. The number of nitrogen functional groups attached to an aromatic ring is 1. The first-order valence-corrected chi connectivity index (χ1v) is 5.43. The number of nitrogens with two attached hydrogens (primary N) is 1. The van der Waals surface area contributed by atoms with Crippen molar-refractivity contribution in [2.24, 2.45) is 0 Å². The van der Waals surface area contributed by atoms with E-state index in [0.29, 0.717) is 25.4 Å². The van der Waals surface area contributed by atoms with Gasteiger partial charge in [0.2, 0.25) is 0 Å². The van der Waals surface area contributed by atoms with Gasteiger partial charge in [0.25, 0.3) is 0 Å². The highest BCUT2D eigenvalue weighted by Crippen LogP contribution is 2.35. The van der Waals surface area contributed by atoms with Crippen LogP contribution in [0.25, 0.3) is 0 Å². The molecule has 1 heterocycles. The Balaban J connectivity index is 2.00. The molecule has 6 heteroatoms. The van der Waals surface area contributed by atoms with Crippen LogP contribution in [0.4, 0.5) is 16.2 Å². The number of nitrogens with one attached hydrogen (secondary N) is 2. The number of fused-ring (bicyclic) bond motifs is 1. The lowest BCUT2D eigenvalue weighted by Gasteiger charge is -2.12. The van der Waals surface area contributed by atoms with E-state index in [4.69, 9.17) is 15.6 Å². The highest BCUT2D eigenvalue weighted by atomic mass is 16.5. The van der Waals surface area contributed by atoms with Crippen LogP contribution in [-0.2, 0) is 6.42 Å². The van der Waals surface area contributed by atoms with Crippen molar-refractivity contribution in [1.29, 1.82) is 0 Å². The summed E-state index contributed by atoms with van der Waals surface area (Å²) in [6.07, 6.45) is -0.198. The highest BCUT2D eigenvalue weighted by molar-refractivity contribution is 5.74. The molecule has 0 unspecified atom stereocenters. The molecule has 1 aliphatic rings. The average molecular weight is 237 g/mol. The maximum Gasteiger partial charge on any atom is 0.404 e. The van der Waals surface area contributed by atoms with E-state index < -0.39 is 6.09 Å². The Morgan fingerprint density at radius 1 is 1.47 bits per heavy atom. The van der Waals surface area contributed by atoms with Gasteiger partial charge in [0.15, 0.2) is 0 Å². The molecule has 0 radical (unpaired) electrons. The number of anilines is 2. The summed E-state index contributed by atoms with van der Waals surface area (Å²) in [7, 11) is 0. The Bertz CT molecular complexity index is 434. The van der Waals surface area contributed by atoms with Crippen LogP contribution in [0.2, 0.25) is 0 Å². The van der Waals surface area contributed by atoms with E-state index in [0.717, 1.165) is 23.4 Å². The van der Waals surface area contributed by atoms with E-state index in [9.17, 15) is 4.79 Å². The molecular weight excluding hydrogens is 222 g/mol. The minimum atomic E-state index is -1.03. The summed E-state index contributed by atoms with van der Waals surface area (Å²) in [5.74, 6) is 0.855. The zero-order valence-electron chi connectivity index (χ0n) is 9.32. The predicted octanol–water partition coefficient (Wildman–Crippen LogP) is 0.883. The number of carbonyl (C=O) groups is 1. The van der Waals surface area contributed by atoms with E-state index in [2.05, 4.69) is 10.6 Å². The predicted molar refractivity (Wildman–Crippen MR) is 64.6 cm³/mol. The molecule has 2 rings (SSSR count). The molecule has 0 fully saturated rings. The highest BCUT2D eigenvalue weighted by Gasteiger charge is 2.17. The second kappa shape index (κ2) is 4.82. The quantitative estimate of drug-likeness (QED) is 0.460. The first-order valence-electron chi connectivity index (χ1n) is 5.43. The van der Waals surface area contributed by atoms with Crippen LogP contribution in [0.3, 0.4) is 0 Å². The van der Waals surface area contributed by atoms with Crippen molar-refractivity contribution >= 4 is 17.5 Å². The lowest BCUT2D eigenvalue weighted by atomic mass is 10.1. The van der Waals surface area contributed by atoms with Crippen LogP contribution in [0.15, 0.2) is 12.1 Å². The van der Waals surface area contributed by atoms with Gasteiger partial charge in [-0.2, -0.15) is 0 Å². The molecule has 0 bridgehead atoms. The molecule has 1 aromatic carbocycles. The van der Waals surface area contributed by atoms with E-state index in [-0.39, 0.29) is 0 Å². The Morgan fingerprint density at radius 2 is 2.29 bits per heavy atom. The van der Waals surface area contributed by atoms with Gasteiger partial charge in [0.1, 0.15) is 5.75 Å². The standard InChI is InChI=1S/C11H15N3O3/c12-8-1-2-9-7(3-6-17-9)10(8)13-4-5-14-11(15)16/h1-2,13-14H,3-6,12H2,(H,15,16). The van der Waals surface area contributed by atoms with Crippen molar-refractivity contribution in [3.8, 4) is 5.75 Å². The Labute approximate surface area is 98.8 Å². The zero-order valence-corrected chi connectivity index (χ0v) is 9.32. The first-order chi connectivity index (χ1) is 8.18. The smallest absolute Gasteiger partial charge is 0.404 e. The molecule has 1 amide bonds. The summed E-state index contributed by atoms with van der Waals surface area (Å²) in [4.78, 5) is 10.3. The summed E-state index contributed by atoms with van der Waals surface area (Å²) < 4.78 is 5.43. The van der Waals surface area contributed by atoms with Gasteiger partial charge < -0.3 is 26.2 Å². The Hall–Kier alpha value is -2.11. The Morgan fingerprint density at radius 3 is 3.06 bits per heavy atom. The van der Waals surface area contributed by atoms with Crippen molar-refractivity contribution in [3.05, 3.63) is 17.7 Å². The average Bonchev–Trinajstić information content (AvgIpc) is 2.74. The van der Waals surface area contributed by atoms with Crippen LogP contribution >= 0.6 is 0 Å². The summed E-state index contributed by atoms with van der Waals surface area (Å²) >= 11 is 0. The molecule has 0 aliphatic carbocycles. The fourth-order valence-corrected chi connectivity index (χ4v) is 1.86. The molecule has 1 aliphatic heterocycles. The maximum absolute atomic E-state index is 10.3. The number of carboxylic acid groups (broad SMARTS) is 1. The number of hydrogen-bond donors (Lipinski definition) is 4. The zero-order chi connectivity index (χ0) is 12.3. The second-order valence-electron chi connectivity index (χ2n) is 3.76. The van der Waals surface area contributed by atoms with Gasteiger partial charge >= 0.3 is 6.09 Å². The van der Waals surface area contributed by atoms with Crippen LogP contribution < -0.4 is 21.1 Å². The number of benzene rings is 1. The third kappa shape index (κ3) is 2.52. The van der Waals surface area contributed by atoms with Crippen molar-refractivity contribution in [1.82, 2.24) is 5.32 Å². The van der Waals surface area contributed by atoms with Crippen molar-refractivity contribution in [3.63, 3.8) is 0 Å². The van der Waals surface area contributed by atoms with Gasteiger partial charge in [-0.25, -0.2) is 4.79 Å². The first kappa shape index (κ1) is 11.4. The number of amides is 1. The fraction of sp³-hybridized carbons (Fsp3) is 0.364. The van der Waals surface area contributed by atoms with Gasteiger partial charge in [-0.1, -0.05) is 0 Å². The largest absolute Gasteiger partial charge is 0.493 e. The lowest BCUT2D eigenvalue weighted by molar-refractivity contribution is 0.195. The van der Waals surface area contributed by atoms with Crippen LogP contribution in [-0.4, -0.2) is 30.9 Å². The maximum atomic E-state index is 10.3. The van der Waals surface area contributed by atoms with Crippen LogP contribution in [0.1, 0.15) is 5.56 Å². The van der Waals surface area contributed by atoms with Crippen molar-refractivity contribution in [2.75, 3.05) is 30.7 Å². The summed E-state index contributed by atoms with van der Waals surface area (Å²) in [6.45, 7) is 1.49. The van der Waals surface area contributed by atoms with E-state index in [1.54, 1.807) is 6.07 Å². The van der Waals surface area contributed by atoms with Gasteiger partial charge in [-0.15, -0.1) is 0 Å². The van der Waals surface area contributed by atoms with E-state index in [1.165, 1.54) is 0 Å². The minimum absolute atomic E-state index is 0.333. The Kier molecular flexibility index (Phi) is 3.22. The van der Waals surface area contributed by atoms with E-state index in [1.807, 2.05) is 6.07 Å². The van der Waals surface area contributed by atoms with Crippen molar-refractivity contribution < 1.29 is 14.6 Å². The number of rotatable bonds is 4. The summed E-state index contributed by atoms with van der Waals surface area (Å²) in [5, 5.41) is 13.9. The molecule has 5 N–H and O–H groups in total. The third-order valence-electron chi connectivity index (χ3n) is 2.61. The van der Waals surface area contributed by atoms with Gasteiger partial charge in [-0.05, 0) is 12.1 Å². The molecule has 0 saturated carbocycles. The molecule has 92 valence electrons. The molecule has 0 spiro atoms. The summed E-state index contributed by atoms with van der Waals surface area (Å²) in [5.41, 5.74) is 8.46. The lowest BCUT2D eigenvalue weighted by Crippen LogP contribution is -2.27. The third-order valence-corrected chi connectivity index (χ3v) is 2.61. The summed E-state index contributed by atoms with van der Waals surface area (Å²) in [6, 6.07) is 3.65. The molecule has 17 heavy (non-hydrogen) atoms. The topological polar surface area (TPSA) is 96.6 Å². The van der Waals surface area contributed by atoms with Crippen LogP contribution in [0, 0.1) is 0 Å². The molecule has 0 saturated heterocycles. The van der Waals surface area contributed by atoms with Gasteiger partial charge in [0.05, 0.1) is 18.0 Å². The van der Waals surface area contributed by atoms with Crippen LogP contribution in [0.5, 0.6) is 5.75 Å². The molecule has 6 nitrogen and oxygen atoms in total. The van der Waals surface area contributed by atoms with E-state index >= 15 is 0 Å². The van der Waals surface area contributed by atoms with Gasteiger partial charge in [0, 0.05) is 25.1 Å². The second-order valence-corrected chi connectivity index (χ2v) is 3.76. The fourth-order valence-electron chi connectivity index (χ4n) is 1.86. The molecule has 0 atom stereocenters. The normalized spacial score (nSPS) is 12.7. The minimum Gasteiger partial charge on any atom is -0.493 e. The molecule has 1 aromatic rings. The van der Waals surface area contributed by atoms with Crippen molar-refractivity contribution in [2.45, 2.75) is 6.42 Å². The SMILES string of the molecule is Nc1ccc2c(c1NCCNC(=O)O)CCO2. The number of ether oxygens (including phenoxy) is 1. The molecular formula is C11H15N3O3. The number of hydrogen-bond acceptors (Lipinski definition) is 4. The van der Waals surface area contributed by atoms with Gasteiger partial charge in [-0.3, -0.25) is 0 Å².